The van der Waals surface area contributed by atoms with Gasteiger partial charge in [0.2, 0.25) is 5.91 Å². The van der Waals surface area contributed by atoms with Crippen LogP contribution in [0.2, 0.25) is 0 Å². The van der Waals surface area contributed by atoms with Gasteiger partial charge in [-0.2, -0.15) is 0 Å². The molecule has 0 radical (unpaired) electrons. The fourth-order valence-electron chi connectivity index (χ4n) is 1.69. The van der Waals surface area contributed by atoms with Gasteiger partial charge in [-0.1, -0.05) is 6.07 Å². The predicted molar refractivity (Wildman–Crippen MR) is 64.1 cm³/mol. The number of piperazine rings is 1. The molecule has 0 aromatic heterocycles. The second kappa shape index (κ2) is 4.33. The number of aryl methyl sites for hydroxylation is 1. The smallest absolute Gasteiger partial charge is 0.241 e. The molecule has 0 unspecified atom stereocenters. The lowest BCUT2D eigenvalue weighted by atomic mass is 10.2. The van der Waals surface area contributed by atoms with Gasteiger partial charge < -0.3 is 10.2 Å². The Morgan fingerprint density at radius 1 is 1.47 bits per heavy atom. The average Bonchev–Trinajstić information content (AvgIpc) is 2.20. The van der Waals surface area contributed by atoms with E-state index in [2.05, 4.69) is 21.2 Å². The maximum absolute atomic E-state index is 11.7. The molecule has 3 nitrogen and oxygen atoms in total. The monoisotopic (exact) mass is 268 g/mol. The average molecular weight is 269 g/mol. The van der Waals surface area contributed by atoms with Crippen molar-refractivity contribution in [3.05, 3.63) is 28.2 Å². The lowest BCUT2D eigenvalue weighted by Gasteiger charge is -2.28. The van der Waals surface area contributed by atoms with Crippen molar-refractivity contribution in [2.24, 2.45) is 0 Å². The van der Waals surface area contributed by atoms with Crippen molar-refractivity contribution in [3.8, 4) is 0 Å². The topological polar surface area (TPSA) is 32.3 Å². The largest absolute Gasteiger partial charge is 0.309 e. The first-order valence-electron chi connectivity index (χ1n) is 4.96. The zero-order chi connectivity index (χ0) is 10.8. The summed E-state index contributed by atoms with van der Waals surface area (Å²) in [5.41, 5.74) is 2.15. The van der Waals surface area contributed by atoms with Gasteiger partial charge in [0.05, 0.1) is 12.2 Å². The summed E-state index contributed by atoms with van der Waals surface area (Å²) in [5.74, 6) is 0.130. The molecule has 1 aromatic carbocycles. The van der Waals surface area contributed by atoms with E-state index in [0.29, 0.717) is 6.54 Å². The number of anilines is 1. The van der Waals surface area contributed by atoms with Crippen LogP contribution in [0.15, 0.2) is 22.7 Å². The van der Waals surface area contributed by atoms with Crippen LogP contribution < -0.4 is 10.2 Å². The molecule has 0 bridgehead atoms. The minimum absolute atomic E-state index is 0.130. The Labute approximate surface area is 97.6 Å². The van der Waals surface area contributed by atoms with Crippen LogP contribution in [0.25, 0.3) is 0 Å². The first-order chi connectivity index (χ1) is 7.18. The van der Waals surface area contributed by atoms with Gasteiger partial charge in [0.15, 0.2) is 0 Å². The molecule has 0 atom stereocenters. The molecule has 15 heavy (non-hydrogen) atoms. The van der Waals surface area contributed by atoms with Crippen LogP contribution in [-0.4, -0.2) is 25.5 Å². The van der Waals surface area contributed by atoms with Crippen LogP contribution in [0.5, 0.6) is 0 Å². The normalized spacial score (nSPS) is 16.9. The van der Waals surface area contributed by atoms with Crippen molar-refractivity contribution in [2.45, 2.75) is 6.92 Å². The Balaban J connectivity index is 2.31. The maximum Gasteiger partial charge on any atom is 0.241 e. The highest BCUT2D eigenvalue weighted by Gasteiger charge is 2.20. The Bertz CT molecular complexity index is 392. The van der Waals surface area contributed by atoms with Crippen molar-refractivity contribution in [1.29, 1.82) is 0 Å². The van der Waals surface area contributed by atoms with E-state index in [1.807, 2.05) is 30.0 Å². The summed E-state index contributed by atoms with van der Waals surface area (Å²) in [4.78, 5) is 13.5. The van der Waals surface area contributed by atoms with E-state index in [-0.39, 0.29) is 5.91 Å². The summed E-state index contributed by atoms with van der Waals surface area (Å²) in [5, 5.41) is 3.06. The second-order valence-electron chi connectivity index (χ2n) is 3.68. The standard InChI is InChI=1S/C11H13BrN2O/c1-8-2-3-10(9(12)6-8)14-5-4-13-7-11(14)15/h2-3,6,13H,4-5,7H2,1H3. The number of nitrogens with zero attached hydrogens (tertiary/aromatic N) is 1. The van der Waals surface area contributed by atoms with Crippen LogP contribution in [0.1, 0.15) is 5.56 Å². The number of carbonyl (C=O) groups is 1. The third-order valence-electron chi connectivity index (χ3n) is 2.48. The lowest BCUT2D eigenvalue weighted by Crippen LogP contribution is -2.48. The van der Waals surface area contributed by atoms with E-state index >= 15 is 0 Å². The Morgan fingerprint density at radius 3 is 2.93 bits per heavy atom. The van der Waals surface area contributed by atoms with E-state index < -0.39 is 0 Å². The molecule has 0 saturated carbocycles. The molecule has 1 heterocycles. The molecule has 2 rings (SSSR count). The minimum atomic E-state index is 0.130. The predicted octanol–water partition coefficient (Wildman–Crippen LogP) is 1.69. The summed E-state index contributed by atoms with van der Waals surface area (Å²) in [7, 11) is 0. The number of halogens is 1. The van der Waals surface area contributed by atoms with Crippen molar-refractivity contribution >= 4 is 27.5 Å². The van der Waals surface area contributed by atoms with Gasteiger partial charge >= 0.3 is 0 Å². The number of amides is 1. The van der Waals surface area contributed by atoms with Crippen LogP contribution >= 0.6 is 15.9 Å². The van der Waals surface area contributed by atoms with E-state index in [4.69, 9.17) is 0 Å². The molecular formula is C11H13BrN2O. The SMILES string of the molecule is Cc1ccc(N2CCNCC2=O)c(Br)c1. The van der Waals surface area contributed by atoms with Crippen molar-refractivity contribution < 1.29 is 4.79 Å². The van der Waals surface area contributed by atoms with Gasteiger partial charge in [-0.3, -0.25) is 4.79 Å². The van der Waals surface area contributed by atoms with Gasteiger partial charge in [0.1, 0.15) is 0 Å². The van der Waals surface area contributed by atoms with E-state index in [9.17, 15) is 4.79 Å². The van der Waals surface area contributed by atoms with E-state index in [0.717, 1.165) is 23.2 Å². The molecule has 1 amide bonds. The number of hydrogen-bond donors (Lipinski definition) is 1. The Morgan fingerprint density at radius 2 is 2.27 bits per heavy atom. The third kappa shape index (κ3) is 2.21. The fourth-order valence-corrected chi connectivity index (χ4v) is 2.40. The molecule has 1 aliphatic heterocycles. The van der Waals surface area contributed by atoms with Gasteiger partial charge in [-0.05, 0) is 40.5 Å². The molecular weight excluding hydrogens is 256 g/mol. The Hall–Kier alpha value is -0.870. The summed E-state index contributed by atoms with van der Waals surface area (Å²) >= 11 is 3.50. The fraction of sp³-hybridized carbons (Fsp3) is 0.364. The second-order valence-corrected chi connectivity index (χ2v) is 4.53. The number of rotatable bonds is 1. The highest BCUT2D eigenvalue weighted by atomic mass is 79.9. The Kier molecular flexibility index (Phi) is 3.07. The van der Waals surface area contributed by atoms with Gasteiger partial charge in [-0.15, -0.1) is 0 Å². The highest BCUT2D eigenvalue weighted by molar-refractivity contribution is 9.10. The maximum atomic E-state index is 11.7. The molecule has 80 valence electrons. The van der Waals surface area contributed by atoms with Crippen LogP contribution in [0, 0.1) is 6.92 Å². The van der Waals surface area contributed by atoms with Gasteiger partial charge in [-0.25, -0.2) is 0 Å². The molecule has 1 fully saturated rings. The molecule has 0 aliphatic carbocycles. The third-order valence-corrected chi connectivity index (χ3v) is 3.12. The molecule has 1 aliphatic rings. The number of benzene rings is 1. The summed E-state index contributed by atoms with van der Waals surface area (Å²) in [6.07, 6.45) is 0. The molecule has 0 spiro atoms. The molecule has 1 N–H and O–H groups in total. The molecule has 1 saturated heterocycles. The number of carbonyl (C=O) groups excluding carboxylic acids is 1. The first-order valence-corrected chi connectivity index (χ1v) is 5.75. The quantitative estimate of drug-likeness (QED) is 0.841. The summed E-state index contributed by atoms with van der Waals surface area (Å²) in [6.45, 7) is 4.06. The zero-order valence-electron chi connectivity index (χ0n) is 8.59. The van der Waals surface area contributed by atoms with Gasteiger partial charge in [0, 0.05) is 17.6 Å². The lowest BCUT2D eigenvalue weighted by molar-refractivity contribution is -0.118. The molecule has 1 aromatic rings. The first kappa shape index (κ1) is 10.6. The van der Waals surface area contributed by atoms with Crippen LogP contribution in [-0.2, 0) is 4.79 Å². The van der Waals surface area contributed by atoms with Crippen LogP contribution in [0.4, 0.5) is 5.69 Å². The van der Waals surface area contributed by atoms with Crippen LogP contribution in [0.3, 0.4) is 0 Å². The van der Waals surface area contributed by atoms with Crippen molar-refractivity contribution in [2.75, 3.05) is 24.5 Å². The highest BCUT2D eigenvalue weighted by Crippen LogP contribution is 2.27. The van der Waals surface area contributed by atoms with Gasteiger partial charge in [0.25, 0.3) is 0 Å². The summed E-state index contributed by atoms with van der Waals surface area (Å²) < 4.78 is 0.984. The minimum Gasteiger partial charge on any atom is -0.309 e. The number of hydrogen-bond acceptors (Lipinski definition) is 2. The zero-order valence-corrected chi connectivity index (χ0v) is 10.2. The molecule has 4 heteroatoms. The van der Waals surface area contributed by atoms with E-state index in [1.165, 1.54) is 5.56 Å². The summed E-state index contributed by atoms with van der Waals surface area (Å²) in [6, 6.07) is 6.04. The number of nitrogens with one attached hydrogen (secondary N) is 1. The van der Waals surface area contributed by atoms with Crippen molar-refractivity contribution in [3.63, 3.8) is 0 Å². The van der Waals surface area contributed by atoms with Crippen molar-refractivity contribution in [1.82, 2.24) is 5.32 Å². The van der Waals surface area contributed by atoms with E-state index in [1.54, 1.807) is 0 Å².